The Morgan fingerprint density at radius 2 is 1.43 bits per heavy atom. The molecule has 70 heavy (non-hydrogen) atoms. The normalized spacial score (nSPS) is 20.8. The van der Waals surface area contributed by atoms with Crippen molar-refractivity contribution >= 4 is 86.6 Å². The van der Waals surface area contributed by atoms with Gasteiger partial charge in [0.05, 0.1) is 19.5 Å². The molecule has 1 aliphatic heterocycles. The number of phenolic OH excluding ortho intramolecular Hbond substituents is 1. The second-order valence-corrected chi connectivity index (χ2v) is 20.1. The van der Waals surface area contributed by atoms with Crippen LogP contribution in [0.2, 0.25) is 0 Å². The van der Waals surface area contributed by atoms with E-state index in [2.05, 4.69) is 37.2 Å². The summed E-state index contributed by atoms with van der Waals surface area (Å²) in [5, 5.41) is 27.8. The average Bonchev–Trinajstić information content (AvgIpc) is 3.29. The zero-order chi connectivity index (χ0) is 52.5. The molecular formula is C45H71N11O12S2. The fourth-order valence-corrected chi connectivity index (χ4v) is 9.15. The molecule has 0 aromatic heterocycles. The Hall–Kier alpha value is -6.11. The van der Waals surface area contributed by atoms with Gasteiger partial charge < -0.3 is 64.4 Å². The standard InChI is InChI=1S/C45H71N11O12S2/c1-6-8-9-17-56(23-38(62)51-30(19-25(3)4)40(63)49-22-36(48)60)45(68)33-24-70-69-18-16-37(61)50-31(20-27-10-12-28(57)13-11-27)43(66)55-39(26(5)7-2)44(67)52-29(14-15-34(46)58)41(64)53-32(21-35(47)59)42(65)54-33/h10-13,25-26,29-33,39,57H,6-9,14-24H2,1-5H3,(H2,46,58)(H2,47,59)(H2,48,60)(H,49,63)(H,50,61)(H,51,62)(H,52,67)(H,53,64)(H,54,65)(H,55,66)/t26-,29-,30-,31?,32?,33?,39-/m0/s1. The lowest BCUT2D eigenvalue weighted by Crippen LogP contribution is -2.61. The van der Waals surface area contributed by atoms with Gasteiger partial charge in [0.2, 0.25) is 65.0 Å². The van der Waals surface area contributed by atoms with E-state index in [-0.39, 0.29) is 55.4 Å². The van der Waals surface area contributed by atoms with Crippen molar-refractivity contribution in [3.63, 3.8) is 0 Å². The number of nitrogens with two attached hydrogens (primary N) is 3. The summed E-state index contributed by atoms with van der Waals surface area (Å²) >= 11 is 0. The number of amides is 11. The van der Waals surface area contributed by atoms with Crippen LogP contribution in [-0.2, 0) is 59.2 Å². The van der Waals surface area contributed by atoms with Gasteiger partial charge in [-0.2, -0.15) is 0 Å². The van der Waals surface area contributed by atoms with Crippen molar-refractivity contribution in [2.24, 2.45) is 29.0 Å². The van der Waals surface area contributed by atoms with Crippen LogP contribution in [-0.4, -0.2) is 142 Å². The van der Waals surface area contributed by atoms with Gasteiger partial charge in [-0.05, 0) is 48.8 Å². The van der Waals surface area contributed by atoms with Gasteiger partial charge in [0.1, 0.15) is 42.0 Å². The molecule has 14 N–H and O–H groups in total. The quantitative estimate of drug-likeness (QED) is 0.0465. The van der Waals surface area contributed by atoms with Crippen LogP contribution in [0.5, 0.6) is 5.75 Å². The Bertz CT molecular complexity index is 1990. The number of aromatic hydroxyl groups is 1. The molecule has 0 radical (unpaired) electrons. The number of nitrogens with zero attached hydrogens (tertiary/aromatic N) is 1. The molecule has 3 unspecified atom stereocenters. The predicted molar refractivity (Wildman–Crippen MR) is 262 cm³/mol. The molecule has 0 aliphatic carbocycles. The highest BCUT2D eigenvalue weighted by Gasteiger charge is 2.36. The molecule has 2 rings (SSSR count). The second-order valence-electron chi connectivity index (χ2n) is 17.5. The molecule has 7 atom stereocenters. The number of primary amides is 3. The van der Waals surface area contributed by atoms with Crippen molar-refractivity contribution in [2.45, 2.75) is 135 Å². The Balaban J connectivity index is 2.64. The molecular weight excluding hydrogens is 951 g/mol. The number of benzene rings is 1. The van der Waals surface area contributed by atoms with E-state index in [4.69, 9.17) is 17.2 Å². The Kier molecular flexibility index (Phi) is 26.7. The lowest BCUT2D eigenvalue weighted by atomic mass is 9.96. The van der Waals surface area contributed by atoms with Crippen LogP contribution in [0.1, 0.15) is 98.0 Å². The number of carbonyl (C=O) groups is 11. The van der Waals surface area contributed by atoms with E-state index < -0.39 is 133 Å². The lowest BCUT2D eigenvalue weighted by Gasteiger charge is -2.30. The number of unbranched alkanes of at least 4 members (excludes halogenated alkanes) is 2. The minimum Gasteiger partial charge on any atom is -0.508 e. The van der Waals surface area contributed by atoms with E-state index >= 15 is 0 Å². The maximum absolute atomic E-state index is 14.6. The third-order valence-electron chi connectivity index (χ3n) is 11.0. The van der Waals surface area contributed by atoms with E-state index in [1.54, 1.807) is 26.0 Å². The molecule has 11 amide bonds. The van der Waals surface area contributed by atoms with Gasteiger partial charge in [0.25, 0.3) is 0 Å². The molecule has 1 aliphatic rings. The number of hydrogen-bond acceptors (Lipinski definition) is 14. The highest BCUT2D eigenvalue weighted by atomic mass is 33.1. The summed E-state index contributed by atoms with van der Waals surface area (Å²) in [5.41, 5.74) is 16.7. The first-order valence-electron chi connectivity index (χ1n) is 23.3. The highest BCUT2D eigenvalue weighted by Crippen LogP contribution is 2.24. The topological polar surface area (TPSA) is 374 Å². The molecule has 23 nitrogen and oxygen atoms in total. The summed E-state index contributed by atoms with van der Waals surface area (Å²) in [7, 11) is 2.23. The molecule has 0 bridgehead atoms. The number of nitrogens with one attached hydrogen (secondary N) is 7. The van der Waals surface area contributed by atoms with E-state index in [0.717, 1.165) is 28.0 Å². The van der Waals surface area contributed by atoms with Gasteiger partial charge in [-0.15, -0.1) is 0 Å². The zero-order valence-corrected chi connectivity index (χ0v) is 42.1. The Morgan fingerprint density at radius 1 is 0.786 bits per heavy atom. The largest absolute Gasteiger partial charge is 0.508 e. The monoisotopic (exact) mass is 1020 g/mol. The summed E-state index contributed by atoms with van der Waals surface area (Å²) in [4.78, 5) is 148. The SMILES string of the molecule is CCCCCN(CC(=O)N[C@@H](CC(C)C)C(=O)NCC(N)=O)C(=O)C1CSSCCC(=O)NC(Cc2ccc(O)cc2)C(=O)N[C@@H]([C@@H](C)CC)C(=O)N[C@@H](CCC(N)=O)C(=O)NC(CC(N)=O)C(=O)N1. The molecule has 390 valence electrons. The molecule has 25 heteroatoms. The van der Waals surface area contributed by atoms with Gasteiger partial charge >= 0.3 is 0 Å². The van der Waals surface area contributed by atoms with Crippen molar-refractivity contribution in [1.82, 2.24) is 42.1 Å². The molecule has 0 spiro atoms. The maximum Gasteiger partial charge on any atom is 0.246 e. The Labute approximate surface area is 416 Å². The van der Waals surface area contributed by atoms with Gasteiger partial charge in [-0.1, -0.05) is 87.6 Å². The van der Waals surface area contributed by atoms with Crippen LogP contribution in [0.25, 0.3) is 0 Å². The van der Waals surface area contributed by atoms with Gasteiger partial charge in [-0.25, -0.2) is 0 Å². The van der Waals surface area contributed by atoms with Gasteiger partial charge in [0, 0.05) is 37.3 Å². The van der Waals surface area contributed by atoms with Crippen molar-refractivity contribution < 1.29 is 57.8 Å². The van der Waals surface area contributed by atoms with Crippen LogP contribution in [0, 0.1) is 11.8 Å². The number of carbonyl (C=O) groups excluding carboxylic acids is 11. The minimum atomic E-state index is -1.74. The molecule has 1 fully saturated rings. The van der Waals surface area contributed by atoms with Crippen LogP contribution >= 0.6 is 21.6 Å². The van der Waals surface area contributed by atoms with Crippen LogP contribution in [0.3, 0.4) is 0 Å². The fraction of sp³-hybridized carbons (Fsp3) is 0.622. The third kappa shape index (κ3) is 22.5. The lowest BCUT2D eigenvalue weighted by molar-refractivity contribution is -0.140. The second kappa shape index (κ2) is 31.2. The summed E-state index contributed by atoms with van der Waals surface area (Å²) in [5.74, 6) is -9.74. The predicted octanol–water partition coefficient (Wildman–Crippen LogP) is -1.52. The van der Waals surface area contributed by atoms with Crippen molar-refractivity contribution in [3.8, 4) is 5.75 Å². The highest BCUT2D eigenvalue weighted by molar-refractivity contribution is 8.76. The zero-order valence-electron chi connectivity index (χ0n) is 40.5. The fourth-order valence-electron chi connectivity index (χ4n) is 7.01. The molecule has 1 aromatic rings. The minimum absolute atomic E-state index is 0.0264. The number of hydrogen-bond donors (Lipinski definition) is 11. The van der Waals surface area contributed by atoms with Crippen LogP contribution in [0.4, 0.5) is 0 Å². The summed E-state index contributed by atoms with van der Waals surface area (Å²) in [6.45, 7) is 7.99. The van der Waals surface area contributed by atoms with E-state index in [1.165, 1.54) is 17.0 Å². The van der Waals surface area contributed by atoms with Crippen molar-refractivity contribution in [2.75, 3.05) is 31.1 Å². The van der Waals surface area contributed by atoms with Crippen molar-refractivity contribution in [3.05, 3.63) is 29.8 Å². The van der Waals surface area contributed by atoms with E-state index in [1.807, 2.05) is 20.8 Å². The summed E-state index contributed by atoms with van der Waals surface area (Å²) in [6.07, 6.45) is 0.600. The van der Waals surface area contributed by atoms with Crippen LogP contribution < -0.4 is 54.4 Å². The van der Waals surface area contributed by atoms with E-state index in [0.29, 0.717) is 24.8 Å². The molecule has 1 heterocycles. The Morgan fingerprint density at radius 3 is 2.03 bits per heavy atom. The third-order valence-corrected chi connectivity index (χ3v) is 13.4. The molecule has 1 saturated heterocycles. The maximum atomic E-state index is 14.6. The van der Waals surface area contributed by atoms with Gasteiger partial charge in [-0.3, -0.25) is 52.7 Å². The molecule has 0 saturated carbocycles. The first-order chi connectivity index (χ1) is 33.0. The molecule has 1 aromatic carbocycles. The van der Waals surface area contributed by atoms with Crippen molar-refractivity contribution in [1.29, 1.82) is 0 Å². The van der Waals surface area contributed by atoms with Gasteiger partial charge in [0.15, 0.2) is 0 Å². The smallest absolute Gasteiger partial charge is 0.246 e. The summed E-state index contributed by atoms with van der Waals surface area (Å²) < 4.78 is 0. The first kappa shape index (κ1) is 60.0. The number of phenols is 1. The van der Waals surface area contributed by atoms with Crippen LogP contribution in [0.15, 0.2) is 24.3 Å². The first-order valence-corrected chi connectivity index (χ1v) is 25.8. The summed E-state index contributed by atoms with van der Waals surface area (Å²) in [6, 6.07) is -2.40. The van der Waals surface area contributed by atoms with E-state index in [9.17, 15) is 57.8 Å². The average molecular weight is 1020 g/mol. The number of rotatable bonds is 22.